The van der Waals surface area contributed by atoms with Gasteiger partial charge in [0.15, 0.2) is 0 Å². The molecule has 1 N–H and O–H groups in total. The highest BCUT2D eigenvalue weighted by molar-refractivity contribution is 7.10. The number of carboxylic acid groups (broad SMARTS) is 1. The van der Waals surface area contributed by atoms with Crippen LogP contribution in [0.5, 0.6) is 0 Å². The molecule has 1 aromatic heterocycles. The van der Waals surface area contributed by atoms with Crippen LogP contribution in [-0.4, -0.2) is 38.7 Å². The number of halogens is 1. The Morgan fingerprint density at radius 2 is 2.40 bits per heavy atom. The summed E-state index contributed by atoms with van der Waals surface area (Å²) in [6.45, 7) is 3.15. The lowest BCUT2D eigenvalue weighted by Crippen LogP contribution is -2.30. The third kappa shape index (κ3) is 4.11. The van der Waals surface area contributed by atoms with Gasteiger partial charge in [-0.2, -0.15) is 0 Å². The lowest BCUT2D eigenvalue weighted by molar-refractivity contribution is -0.138. The number of hydrogen-bond donors (Lipinski definition) is 1. The van der Waals surface area contributed by atoms with Crippen LogP contribution in [-0.2, 0) is 11.3 Å². The second-order valence-corrected chi connectivity index (χ2v) is 4.45. The monoisotopic (exact) mass is 249 g/mol. The van der Waals surface area contributed by atoms with Gasteiger partial charge in [-0.05, 0) is 13.0 Å². The topological polar surface area (TPSA) is 66.3 Å². The number of aromatic nitrogens is 2. The molecule has 0 unspecified atom stereocenters. The van der Waals surface area contributed by atoms with E-state index in [9.17, 15) is 4.79 Å². The van der Waals surface area contributed by atoms with Crippen molar-refractivity contribution in [1.82, 2.24) is 14.5 Å². The van der Waals surface area contributed by atoms with Gasteiger partial charge >= 0.3 is 5.97 Å². The van der Waals surface area contributed by atoms with Crippen LogP contribution >= 0.6 is 23.1 Å². The van der Waals surface area contributed by atoms with Crippen molar-refractivity contribution in [2.24, 2.45) is 0 Å². The lowest BCUT2D eigenvalue weighted by Gasteiger charge is -2.17. The Morgan fingerprint density at radius 1 is 1.67 bits per heavy atom. The van der Waals surface area contributed by atoms with Gasteiger partial charge in [0.25, 0.3) is 0 Å². The molecule has 5 nitrogen and oxygen atoms in total. The Bertz CT molecular complexity index is 331. The lowest BCUT2D eigenvalue weighted by atomic mass is 10.3. The van der Waals surface area contributed by atoms with Crippen molar-refractivity contribution >= 4 is 29.1 Å². The van der Waals surface area contributed by atoms with E-state index in [0.717, 1.165) is 18.0 Å². The summed E-state index contributed by atoms with van der Waals surface area (Å²) >= 11 is 6.95. The maximum Gasteiger partial charge on any atom is 0.317 e. The van der Waals surface area contributed by atoms with Crippen LogP contribution < -0.4 is 0 Å². The van der Waals surface area contributed by atoms with Crippen molar-refractivity contribution in [3.05, 3.63) is 10.0 Å². The fourth-order valence-electron chi connectivity index (χ4n) is 1.22. The maximum atomic E-state index is 10.6. The van der Waals surface area contributed by atoms with Crippen molar-refractivity contribution in [2.45, 2.75) is 19.9 Å². The molecule has 1 heterocycles. The van der Waals surface area contributed by atoms with E-state index >= 15 is 0 Å². The van der Waals surface area contributed by atoms with E-state index in [0.29, 0.717) is 23.1 Å². The Morgan fingerprint density at radius 3 is 2.87 bits per heavy atom. The van der Waals surface area contributed by atoms with Crippen LogP contribution in [0.4, 0.5) is 0 Å². The zero-order chi connectivity index (χ0) is 11.3. The van der Waals surface area contributed by atoms with Crippen LogP contribution in [0.3, 0.4) is 0 Å². The molecular formula is C8H12ClN3O2S. The Balaban J connectivity index is 2.58. The van der Waals surface area contributed by atoms with Gasteiger partial charge in [-0.15, -0.1) is 5.10 Å². The highest BCUT2D eigenvalue weighted by atomic mass is 35.5. The molecule has 0 saturated carbocycles. The first-order chi connectivity index (χ1) is 7.13. The summed E-state index contributed by atoms with van der Waals surface area (Å²) in [7, 11) is 0. The van der Waals surface area contributed by atoms with Crippen LogP contribution in [0.2, 0.25) is 4.34 Å². The van der Waals surface area contributed by atoms with E-state index in [1.54, 1.807) is 4.90 Å². The fraction of sp³-hybridized carbons (Fsp3) is 0.625. The predicted octanol–water partition coefficient (Wildman–Crippen LogP) is 1.49. The molecule has 0 bridgehead atoms. The predicted molar refractivity (Wildman–Crippen MR) is 58.1 cm³/mol. The zero-order valence-electron chi connectivity index (χ0n) is 8.31. The molecule has 0 amide bonds. The van der Waals surface area contributed by atoms with Gasteiger partial charge in [0.2, 0.25) is 0 Å². The van der Waals surface area contributed by atoms with E-state index in [4.69, 9.17) is 16.7 Å². The summed E-state index contributed by atoms with van der Waals surface area (Å²) in [6.07, 6.45) is 0.891. The molecule has 0 atom stereocenters. The standard InChI is InChI=1S/C8H12ClN3O2S/c1-2-3-12(5-7(13)14)4-6-8(9)15-11-10-6/h2-5H2,1H3,(H,13,14). The van der Waals surface area contributed by atoms with E-state index in [-0.39, 0.29) is 6.54 Å². The summed E-state index contributed by atoms with van der Waals surface area (Å²) in [5.41, 5.74) is 0.649. The largest absolute Gasteiger partial charge is 0.480 e. The van der Waals surface area contributed by atoms with Crippen molar-refractivity contribution in [1.29, 1.82) is 0 Å². The van der Waals surface area contributed by atoms with Gasteiger partial charge in [-0.25, -0.2) is 0 Å². The molecule has 0 aromatic carbocycles. The van der Waals surface area contributed by atoms with Crippen LogP contribution in [0, 0.1) is 0 Å². The molecular weight excluding hydrogens is 238 g/mol. The average Bonchev–Trinajstić information content (AvgIpc) is 2.51. The molecule has 7 heteroatoms. The molecule has 1 aromatic rings. The van der Waals surface area contributed by atoms with Crippen LogP contribution in [0.1, 0.15) is 19.0 Å². The SMILES string of the molecule is CCCN(CC(=O)O)Cc1nnsc1Cl. The first kappa shape index (κ1) is 12.4. The van der Waals surface area contributed by atoms with E-state index in [1.807, 2.05) is 6.92 Å². The van der Waals surface area contributed by atoms with E-state index in [1.165, 1.54) is 0 Å². The average molecular weight is 250 g/mol. The zero-order valence-corrected chi connectivity index (χ0v) is 9.88. The van der Waals surface area contributed by atoms with Gasteiger partial charge in [-0.1, -0.05) is 23.0 Å². The minimum absolute atomic E-state index is 0.00168. The molecule has 1 rings (SSSR count). The smallest absolute Gasteiger partial charge is 0.317 e. The number of aliphatic carboxylic acids is 1. The highest BCUT2D eigenvalue weighted by Gasteiger charge is 2.13. The molecule has 84 valence electrons. The first-order valence-corrected chi connectivity index (χ1v) is 5.69. The number of nitrogens with zero attached hydrogens (tertiary/aromatic N) is 3. The van der Waals surface area contributed by atoms with Crippen LogP contribution in [0.15, 0.2) is 0 Å². The number of rotatable bonds is 6. The van der Waals surface area contributed by atoms with Gasteiger partial charge in [0.05, 0.1) is 6.54 Å². The molecule has 0 fully saturated rings. The molecule has 0 aliphatic rings. The van der Waals surface area contributed by atoms with Crippen LogP contribution in [0.25, 0.3) is 0 Å². The summed E-state index contributed by atoms with van der Waals surface area (Å²) in [6, 6.07) is 0. The summed E-state index contributed by atoms with van der Waals surface area (Å²) < 4.78 is 4.23. The Hall–Kier alpha value is -0.720. The third-order valence-corrected chi connectivity index (χ3v) is 2.77. The van der Waals surface area contributed by atoms with Gasteiger partial charge in [0.1, 0.15) is 10.0 Å². The number of hydrogen-bond acceptors (Lipinski definition) is 5. The second kappa shape index (κ2) is 5.99. The van der Waals surface area contributed by atoms with Gasteiger partial charge < -0.3 is 5.11 Å². The summed E-state index contributed by atoms with van der Waals surface area (Å²) in [5, 5.41) is 12.5. The minimum Gasteiger partial charge on any atom is -0.480 e. The molecule has 0 aliphatic heterocycles. The van der Waals surface area contributed by atoms with Gasteiger partial charge in [-0.3, -0.25) is 9.69 Å². The third-order valence-electron chi connectivity index (χ3n) is 1.78. The second-order valence-electron chi connectivity index (χ2n) is 3.10. The summed E-state index contributed by atoms with van der Waals surface area (Å²) in [4.78, 5) is 12.4. The molecule has 15 heavy (non-hydrogen) atoms. The van der Waals surface area contributed by atoms with E-state index in [2.05, 4.69) is 9.59 Å². The highest BCUT2D eigenvalue weighted by Crippen LogP contribution is 2.18. The molecule has 0 aliphatic carbocycles. The quantitative estimate of drug-likeness (QED) is 0.827. The van der Waals surface area contributed by atoms with Crippen molar-refractivity contribution < 1.29 is 9.90 Å². The van der Waals surface area contributed by atoms with E-state index < -0.39 is 5.97 Å². The first-order valence-electron chi connectivity index (χ1n) is 4.54. The molecule has 0 saturated heterocycles. The number of carboxylic acids is 1. The maximum absolute atomic E-state index is 10.6. The Kier molecular flexibility index (Phi) is 4.93. The fourth-order valence-corrected chi connectivity index (χ4v) is 1.84. The molecule has 0 radical (unpaired) electrons. The van der Waals surface area contributed by atoms with Crippen molar-refractivity contribution in [3.8, 4) is 0 Å². The van der Waals surface area contributed by atoms with Crippen molar-refractivity contribution in [2.75, 3.05) is 13.1 Å². The minimum atomic E-state index is -0.845. The molecule has 0 spiro atoms. The van der Waals surface area contributed by atoms with Crippen molar-refractivity contribution in [3.63, 3.8) is 0 Å². The Labute approximate surface area is 96.8 Å². The summed E-state index contributed by atoms with van der Waals surface area (Å²) in [5.74, 6) is -0.845. The number of carbonyl (C=O) groups is 1. The van der Waals surface area contributed by atoms with Gasteiger partial charge in [0, 0.05) is 18.1 Å². The normalized spacial score (nSPS) is 10.9.